The lowest BCUT2D eigenvalue weighted by molar-refractivity contribution is 0.0900. The first kappa shape index (κ1) is 19.5. The fourth-order valence-corrected chi connectivity index (χ4v) is 5.57. The van der Waals surface area contributed by atoms with E-state index in [2.05, 4.69) is 51.2 Å². The van der Waals surface area contributed by atoms with E-state index in [4.69, 9.17) is 4.74 Å². The summed E-state index contributed by atoms with van der Waals surface area (Å²) < 4.78 is 29.7. The molecule has 0 aliphatic carbocycles. The van der Waals surface area contributed by atoms with Gasteiger partial charge in [-0.25, -0.2) is 8.42 Å². The number of aromatic nitrogens is 1. The maximum Gasteiger partial charge on any atom is 0.152 e. The van der Waals surface area contributed by atoms with E-state index in [-0.39, 0.29) is 11.5 Å². The molecular formula is C23H25N3O3S. The molecule has 0 N–H and O–H groups in total. The number of pyridine rings is 1. The van der Waals surface area contributed by atoms with Gasteiger partial charge in [0.15, 0.2) is 15.6 Å². The van der Waals surface area contributed by atoms with Gasteiger partial charge in [-0.05, 0) is 23.3 Å². The van der Waals surface area contributed by atoms with Gasteiger partial charge in [-0.15, -0.1) is 0 Å². The fourth-order valence-electron chi connectivity index (χ4n) is 4.30. The van der Waals surface area contributed by atoms with Crippen molar-refractivity contribution in [3.8, 4) is 5.75 Å². The van der Waals surface area contributed by atoms with E-state index in [1.807, 2.05) is 12.1 Å². The normalized spacial score (nSPS) is 19.3. The van der Waals surface area contributed by atoms with Gasteiger partial charge in [-0.2, -0.15) is 0 Å². The Labute approximate surface area is 177 Å². The third-order valence-corrected chi connectivity index (χ3v) is 7.48. The van der Waals surface area contributed by atoms with Crippen molar-refractivity contribution in [2.24, 2.45) is 0 Å². The van der Waals surface area contributed by atoms with Crippen LogP contribution in [0.3, 0.4) is 0 Å². The standard InChI is InChI=1S/C23H25N3O3S/c27-30(28)11-9-25(10-12-30)15-19-13-20-16-26(14-18-5-2-1-3-6-18)17-29-23(20)22-21(19)7-4-8-24-22/h1-8,13H,9-12,14-17H2. The minimum atomic E-state index is -2.88. The molecule has 0 amide bonds. The van der Waals surface area contributed by atoms with Crippen LogP contribution in [0.15, 0.2) is 54.7 Å². The van der Waals surface area contributed by atoms with Crippen LogP contribution in [0.4, 0.5) is 0 Å². The molecule has 3 heterocycles. The smallest absolute Gasteiger partial charge is 0.152 e. The molecule has 2 aliphatic rings. The molecule has 0 saturated carbocycles. The third-order valence-electron chi connectivity index (χ3n) is 5.87. The quantitative estimate of drug-likeness (QED) is 0.643. The number of rotatable bonds is 4. The first-order valence-corrected chi connectivity index (χ1v) is 12.1. The molecule has 0 spiro atoms. The maximum absolute atomic E-state index is 11.8. The first-order valence-electron chi connectivity index (χ1n) is 10.3. The van der Waals surface area contributed by atoms with Gasteiger partial charge in [-0.1, -0.05) is 36.4 Å². The molecule has 3 aromatic rings. The van der Waals surface area contributed by atoms with Crippen LogP contribution in [0.1, 0.15) is 16.7 Å². The number of fused-ring (bicyclic) bond motifs is 3. The number of ether oxygens (including phenoxy) is 1. The Morgan fingerprint density at radius 1 is 0.967 bits per heavy atom. The summed E-state index contributed by atoms with van der Waals surface area (Å²) in [6.45, 7) is 4.06. The van der Waals surface area contributed by atoms with Crippen LogP contribution in [0.2, 0.25) is 0 Å². The predicted octanol–water partition coefficient (Wildman–Crippen LogP) is 2.82. The van der Waals surface area contributed by atoms with E-state index < -0.39 is 9.84 Å². The Morgan fingerprint density at radius 2 is 1.77 bits per heavy atom. The van der Waals surface area contributed by atoms with Crippen LogP contribution >= 0.6 is 0 Å². The lowest BCUT2D eigenvalue weighted by Crippen LogP contribution is -2.39. The van der Waals surface area contributed by atoms with E-state index in [1.165, 1.54) is 11.1 Å². The van der Waals surface area contributed by atoms with Crippen molar-refractivity contribution in [1.29, 1.82) is 0 Å². The zero-order chi connectivity index (χ0) is 20.6. The van der Waals surface area contributed by atoms with Crippen LogP contribution in [0.25, 0.3) is 10.9 Å². The zero-order valence-corrected chi connectivity index (χ0v) is 17.6. The van der Waals surface area contributed by atoms with Crippen LogP contribution in [-0.4, -0.2) is 54.5 Å². The average Bonchev–Trinajstić information content (AvgIpc) is 2.76. The molecule has 5 rings (SSSR count). The Kier molecular flexibility index (Phi) is 5.18. The summed E-state index contributed by atoms with van der Waals surface area (Å²) in [7, 11) is -2.88. The van der Waals surface area contributed by atoms with Crippen molar-refractivity contribution < 1.29 is 13.2 Å². The second-order valence-electron chi connectivity index (χ2n) is 8.10. The van der Waals surface area contributed by atoms with Gasteiger partial charge in [0.05, 0.1) is 11.5 Å². The summed E-state index contributed by atoms with van der Waals surface area (Å²) in [5.74, 6) is 1.35. The topological polar surface area (TPSA) is 62.7 Å². The molecular weight excluding hydrogens is 398 g/mol. The second-order valence-corrected chi connectivity index (χ2v) is 10.4. The highest BCUT2D eigenvalue weighted by Crippen LogP contribution is 2.35. The van der Waals surface area contributed by atoms with Crippen molar-refractivity contribution >= 4 is 20.7 Å². The van der Waals surface area contributed by atoms with Gasteiger partial charge in [0.25, 0.3) is 0 Å². The van der Waals surface area contributed by atoms with Crippen molar-refractivity contribution in [3.63, 3.8) is 0 Å². The van der Waals surface area contributed by atoms with E-state index in [9.17, 15) is 8.42 Å². The molecule has 1 saturated heterocycles. The molecule has 2 aromatic carbocycles. The van der Waals surface area contributed by atoms with E-state index in [1.54, 1.807) is 6.20 Å². The molecule has 1 aromatic heterocycles. The molecule has 156 valence electrons. The Hall–Kier alpha value is -2.48. The third kappa shape index (κ3) is 4.05. The van der Waals surface area contributed by atoms with E-state index >= 15 is 0 Å². The van der Waals surface area contributed by atoms with Crippen LogP contribution in [-0.2, 0) is 29.5 Å². The van der Waals surface area contributed by atoms with Crippen molar-refractivity contribution in [2.45, 2.75) is 19.6 Å². The molecule has 7 heteroatoms. The van der Waals surface area contributed by atoms with Crippen LogP contribution in [0.5, 0.6) is 5.75 Å². The summed E-state index contributed by atoms with van der Waals surface area (Å²) in [6, 6.07) is 16.7. The molecule has 0 radical (unpaired) electrons. The molecule has 6 nitrogen and oxygen atoms in total. The minimum Gasteiger partial charge on any atom is -0.475 e. The fraction of sp³-hybridized carbons (Fsp3) is 0.348. The average molecular weight is 424 g/mol. The van der Waals surface area contributed by atoms with Gasteiger partial charge in [0, 0.05) is 49.9 Å². The highest BCUT2D eigenvalue weighted by Gasteiger charge is 2.25. The highest BCUT2D eigenvalue weighted by atomic mass is 32.2. The second kappa shape index (κ2) is 7.98. The minimum absolute atomic E-state index is 0.238. The molecule has 2 aliphatic heterocycles. The molecule has 30 heavy (non-hydrogen) atoms. The van der Waals surface area contributed by atoms with Crippen molar-refractivity contribution in [1.82, 2.24) is 14.8 Å². The highest BCUT2D eigenvalue weighted by molar-refractivity contribution is 7.91. The van der Waals surface area contributed by atoms with Crippen molar-refractivity contribution in [3.05, 3.63) is 71.4 Å². The van der Waals surface area contributed by atoms with E-state index in [0.717, 1.165) is 41.9 Å². The number of hydrogen-bond donors (Lipinski definition) is 0. The number of nitrogens with zero attached hydrogens (tertiary/aromatic N) is 3. The van der Waals surface area contributed by atoms with Gasteiger partial charge in [0.2, 0.25) is 0 Å². The summed E-state index contributed by atoms with van der Waals surface area (Å²) in [4.78, 5) is 9.13. The van der Waals surface area contributed by atoms with Crippen molar-refractivity contribution in [2.75, 3.05) is 31.3 Å². The molecule has 0 atom stereocenters. The summed E-state index contributed by atoms with van der Waals surface area (Å²) in [6.07, 6.45) is 1.81. The number of benzene rings is 2. The Bertz CT molecular complexity index is 1150. The monoisotopic (exact) mass is 423 g/mol. The summed E-state index contributed by atoms with van der Waals surface area (Å²) in [5, 5.41) is 1.08. The number of sulfone groups is 1. The van der Waals surface area contributed by atoms with Gasteiger partial charge >= 0.3 is 0 Å². The number of hydrogen-bond acceptors (Lipinski definition) is 6. The van der Waals surface area contributed by atoms with Crippen LogP contribution in [0, 0.1) is 0 Å². The molecule has 0 bridgehead atoms. The van der Waals surface area contributed by atoms with E-state index in [0.29, 0.717) is 19.8 Å². The predicted molar refractivity (Wildman–Crippen MR) is 117 cm³/mol. The molecule has 1 fully saturated rings. The zero-order valence-electron chi connectivity index (χ0n) is 16.8. The maximum atomic E-state index is 11.8. The molecule has 0 unspecified atom stereocenters. The summed E-state index contributed by atoms with van der Waals surface area (Å²) >= 11 is 0. The largest absolute Gasteiger partial charge is 0.475 e. The summed E-state index contributed by atoms with van der Waals surface area (Å²) in [5.41, 5.74) is 4.48. The van der Waals surface area contributed by atoms with Gasteiger partial charge in [-0.3, -0.25) is 14.8 Å². The Morgan fingerprint density at radius 3 is 2.57 bits per heavy atom. The lowest BCUT2D eigenvalue weighted by atomic mass is 10.0. The Balaban J connectivity index is 1.43. The van der Waals surface area contributed by atoms with Gasteiger partial charge in [0.1, 0.15) is 12.2 Å². The lowest BCUT2D eigenvalue weighted by Gasteiger charge is -2.31. The van der Waals surface area contributed by atoms with Crippen LogP contribution < -0.4 is 4.74 Å². The SMILES string of the molecule is O=S1(=O)CCN(Cc2cc3c(c4ncccc24)OCN(Cc2ccccc2)C3)CC1. The van der Waals surface area contributed by atoms with Gasteiger partial charge < -0.3 is 4.74 Å². The first-order chi connectivity index (χ1) is 14.6.